The smallest absolute Gasteiger partial charge is 0.255 e. The van der Waals surface area contributed by atoms with Gasteiger partial charge in [-0.15, -0.1) is 0 Å². The summed E-state index contributed by atoms with van der Waals surface area (Å²) in [7, 11) is 0. The van der Waals surface area contributed by atoms with Gasteiger partial charge in [0.25, 0.3) is 11.8 Å². The number of fused-ring (bicyclic) bond motifs is 3. The van der Waals surface area contributed by atoms with E-state index in [1.165, 1.54) is 0 Å². The summed E-state index contributed by atoms with van der Waals surface area (Å²) in [5.41, 5.74) is 5.53. The summed E-state index contributed by atoms with van der Waals surface area (Å²) in [5.74, 6) is -0.297. The number of amides is 2. The molecule has 0 saturated carbocycles. The van der Waals surface area contributed by atoms with Crippen LogP contribution in [0.15, 0.2) is 60.7 Å². The minimum absolute atomic E-state index is 0.0416. The Morgan fingerprint density at radius 3 is 2.36 bits per heavy atom. The van der Waals surface area contributed by atoms with Crippen LogP contribution in [0, 0.1) is 6.92 Å². The zero-order chi connectivity index (χ0) is 23.1. The highest BCUT2D eigenvalue weighted by Crippen LogP contribution is 2.36. The van der Waals surface area contributed by atoms with Crippen LogP contribution >= 0.6 is 0 Å². The maximum atomic E-state index is 13.0. The Balaban J connectivity index is 1.35. The van der Waals surface area contributed by atoms with Gasteiger partial charge in [0.05, 0.1) is 0 Å². The Labute approximate surface area is 193 Å². The predicted octanol–water partition coefficient (Wildman–Crippen LogP) is 5.47. The molecule has 5 heteroatoms. The van der Waals surface area contributed by atoms with E-state index < -0.39 is 0 Å². The maximum Gasteiger partial charge on any atom is 0.255 e. The molecule has 2 aliphatic rings. The van der Waals surface area contributed by atoms with Crippen molar-refractivity contribution in [1.29, 1.82) is 0 Å². The van der Waals surface area contributed by atoms with Gasteiger partial charge in [0.15, 0.2) is 5.78 Å². The number of likely N-dealkylation sites (tertiary alicyclic amines) is 1. The molecular weight excluding hydrogens is 412 g/mol. The molecule has 3 aromatic rings. The van der Waals surface area contributed by atoms with E-state index in [4.69, 9.17) is 0 Å². The van der Waals surface area contributed by atoms with Crippen LogP contribution in [0.5, 0.6) is 0 Å². The molecule has 33 heavy (non-hydrogen) atoms. The molecule has 0 bridgehead atoms. The highest BCUT2D eigenvalue weighted by molar-refractivity contribution is 6.22. The quantitative estimate of drug-likeness (QED) is 0.461. The van der Waals surface area contributed by atoms with Crippen LogP contribution in [-0.2, 0) is 0 Å². The standard InChI is InChI=1S/C28H26N2O3/c1-17-15-20(28(33)30-14-6-5-7-18(30)2)11-13-25(17)29-27(32)19-10-12-22-21-8-3-4-9-23(21)26(31)24(22)16-19/h3-4,8-13,15-16,18H,5-7,14H2,1-2H3,(H,29,32). The highest BCUT2D eigenvalue weighted by Gasteiger charge is 2.27. The molecule has 1 saturated heterocycles. The van der Waals surface area contributed by atoms with E-state index in [-0.39, 0.29) is 23.6 Å². The lowest BCUT2D eigenvalue weighted by atomic mass is 10.0. The Morgan fingerprint density at radius 2 is 1.61 bits per heavy atom. The number of rotatable bonds is 3. The number of ketones is 1. The molecule has 1 atom stereocenters. The number of anilines is 1. The molecule has 1 aliphatic heterocycles. The van der Waals surface area contributed by atoms with Crippen molar-refractivity contribution in [3.63, 3.8) is 0 Å². The minimum Gasteiger partial charge on any atom is -0.336 e. The van der Waals surface area contributed by atoms with Crippen LogP contribution in [0.4, 0.5) is 5.69 Å². The maximum absolute atomic E-state index is 13.0. The summed E-state index contributed by atoms with van der Waals surface area (Å²) in [4.78, 5) is 40.6. The van der Waals surface area contributed by atoms with E-state index in [9.17, 15) is 14.4 Å². The van der Waals surface area contributed by atoms with E-state index >= 15 is 0 Å². The van der Waals surface area contributed by atoms with Crippen molar-refractivity contribution in [3.8, 4) is 11.1 Å². The number of nitrogens with zero attached hydrogens (tertiary/aromatic N) is 1. The fourth-order valence-corrected chi connectivity index (χ4v) is 4.87. The second-order valence-corrected chi connectivity index (χ2v) is 8.96. The number of hydrogen-bond donors (Lipinski definition) is 1. The highest BCUT2D eigenvalue weighted by atomic mass is 16.2. The zero-order valence-corrected chi connectivity index (χ0v) is 18.9. The Kier molecular flexibility index (Phi) is 5.33. The number of nitrogens with one attached hydrogen (secondary N) is 1. The van der Waals surface area contributed by atoms with Crippen molar-refractivity contribution in [3.05, 3.63) is 88.5 Å². The topological polar surface area (TPSA) is 66.5 Å². The second-order valence-electron chi connectivity index (χ2n) is 8.96. The van der Waals surface area contributed by atoms with Gasteiger partial charge in [-0.3, -0.25) is 14.4 Å². The van der Waals surface area contributed by atoms with Crippen LogP contribution in [0.3, 0.4) is 0 Å². The van der Waals surface area contributed by atoms with Gasteiger partial charge in [0.1, 0.15) is 0 Å². The molecule has 0 spiro atoms. The molecular formula is C28H26N2O3. The molecule has 1 unspecified atom stereocenters. The van der Waals surface area contributed by atoms with Crippen molar-refractivity contribution < 1.29 is 14.4 Å². The van der Waals surface area contributed by atoms with Crippen LogP contribution in [0.2, 0.25) is 0 Å². The first-order chi connectivity index (χ1) is 15.9. The van der Waals surface area contributed by atoms with Gasteiger partial charge in [-0.25, -0.2) is 0 Å². The van der Waals surface area contributed by atoms with Gasteiger partial charge in [-0.1, -0.05) is 30.3 Å². The van der Waals surface area contributed by atoms with Gasteiger partial charge in [-0.05, 0) is 80.1 Å². The molecule has 3 aromatic carbocycles. The van der Waals surface area contributed by atoms with Gasteiger partial charge in [0.2, 0.25) is 0 Å². The van der Waals surface area contributed by atoms with E-state index in [0.29, 0.717) is 27.9 Å². The van der Waals surface area contributed by atoms with Crippen LogP contribution < -0.4 is 5.32 Å². The number of carbonyl (C=O) groups is 3. The van der Waals surface area contributed by atoms with E-state index in [1.54, 1.807) is 24.3 Å². The van der Waals surface area contributed by atoms with Crippen molar-refractivity contribution in [2.75, 3.05) is 11.9 Å². The number of aryl methyl sites for hydroxylation is 1. The third kappa shape index (κ3) is 3.74. The first kappa shape index (κ1) is 21.1. The Bertz CT molecular complexity index is 1290. The van der Waals surface area contributed by atoms with Crippen molar-refractivity contribution in [2.45, 2.75) is 39.2 Å². The third-order valence-electron chi connectivity index (χ3n) is 6.77. The van der Waals surface area contributed by atoms with E-state index in [2.05, 4.69) is 12.2 Å². The summed E-state index contributed by atoms with van der Waals surface area (Å²) in [6, 6.07) is 18.4. The fourth-order valence-electron chi connectivity index (χ4n) is 4.87. The number of benzene rings is 3. The third-order valence-corrected chi connectivity index (χ3v) is 6.77. The molecule has 0 aromatic heterocycles. The molecule has 5 nitrogen and oxygen atoms in total. The first-order valence-electron chi connectivity index (χ1n) is 11.4. The molecule has 1 fully saturated rings. The summed E-state index contributed by atoms with van der Waals surface area (Å²) in [6.07, 6.45) is 3.24. The molecule has 2 amide bonds. The summed E-state index contributed by atoms with van der Waals surface area (Å²) in [6.45, 7) is 4.77. The lowest BCUT2D eigenvalue weighted by molar-refractivity contribution is 0.0635. The van der Waals surface area contributed by atoms with Gasteiger partial charge >= 0.3 is 0 Å². The minimum atomic E-state index is -0.284. The summed E-state index contributed by atoms with van der Waals surface area (Å²) < 4.78 is 0. The Morgan fingerprint density at radius 1 is 0.879 bits per heavy atom. The van der Waals surface area contributed by atoms with E-state index in [0.717, 1.165) is 42.5 Å². The van der Waals surface area contributed by atoms with Gasteiger partial charge < -0.3 is 10.2 Å². The number of piperidine rings is 1. The fraction of sp³-hybridized carbons (Fsp3) is 0.250. The zero-order valence-electron chi connectivity index (χ0n) is 18.9. The number of carbonyl (C=O) groups excluding carboxylic acids is 3. The average Bonchev–Trinajstić information content (AvgIpc) is 3.12. The summed E-state index contributed by atoms with van der Waals surface area (Å²) >= 11 is 0. The van der Waals surface area contributed by atoms with Crippen LogP contribution in [0.1, 0.15) is 68.4 Å². The van der Waals surface area contributed by atoms with E-state index in [1.807, 2.05) is 48.2 Å². The SMILES string of the molecule is Cc1cc(C(=O)N2CCCCC2C)ccc1NC(=O)c1ccc2c(c1)C(=O)c1ccccc1-2. The van der Waals surface area contributed by atoms with Crippen molar-refractivity contribution in [2.24, 2.45) is 0 Å². The lowest BCUT2D eigenvalue weighted by Gasteiger charge is -2.33. The first-order valence-corrected chi connectivity index (χ1v) is 11.4. The Hall–Kier alpha value is -3.73. The number of hydrogen-bond acceptors (Lipinski definition) is 3. The molecule has 0 radical (unpaired) electrons. The van der Waals surface area contributed by atoms with Crippen LogP contribution in [0.25, 0.3) is 11.1 Å². The van der Waals surface area contributed by atoms with Crippen molar-refractivity contribution in [1.82, 2.24) is 4.90 Å². The second kappa shape index (κ2) is 8.32. The lowest BCUT2D eigenvalue weighted by Crippen LogP contribution is -2.42. The molecule has 166 valence electrons. The van der Waals surface area contributed by atoms with Crippen molar-refractivity contribution >= 4 is 23.3 Å². The van der Waals surface area contributed by atoms with Gasteiger partial charge in [-0.2, -0.15) is 0 Å². The molecule has 1 N–H and O–H groups in total. The predicted molar refractivity (Wildman–Crippen MR) is 129 cm³/mol. The average molecular weight is 439 g/mol. The monoisotopic (exact) mass is 438 g/mol. The summed E-state index contributed by atoms with van der Waals surface area (Å²) in [5, 5.41) is 2.93. The normalized spacial score (nSPS) is 16.8. The largest absolute Gasteiger partial charge is 0.336 e. The molecule has 1 aliphatic carbocycles. The van der Waals surface area contributed by atoms with Gasteiger partial charge in [0, 0.05) is 40.5 Å². The van der Waals surface area contributed by atoms with Crippen LogP contribution in [-0.4, -0.2) is 35.1 Å². The molecule has 1 heterocycles. The molecule has 5 rings (SSSR count).